The van der Waals surface area contributed by atoms with Gasteiger partial charge in [-0.05, 0) is 6.42 Å². The maximum Gasteiger partial charge on any atom is 0.307 e. The van der Waals surface area contributed by atoms with E-state index in [0.717, 1.165) is 0 Å². The van der Waals surface area contributed by atoms with Gasteiger partial charge in [0.15, 0.2) is 11.6 Å². The number of ether oxygens (including phenoxy) is 1. The van der Waals surface area contributed by atoms with Crippen molar-refractivity contribution in [3.63, 3.8) is 0 Å². The lowest BCUT2D eigenvalue weighted by molar-refractivity contribution is -0.387. The molecule has 0 spiro atoms. The van der Waals surface area contributed by atoms with Crippen molar-refractivity contribution in [2.45, 2.75) is 20.3 Å². The summed E-state index contributed by atoms with van der Waals surface area (Å²) < 4.78 is 32.0. The van der Waals surface area contributed by atoms with E-state index in [1.165, 1.54) is 0 Å². The molecule has 0 atom stereocenters. The van der Waals surface area contributed by atoms with E-state index in [9.17, 15) is 18.9 Å². The number of rotatable bonds is 6. The maximum atomic E-state index is 13.6. The zero-order valence-electron chi connectivity index (χ0n) is 11.5. The predicted octanol–water partition coefficient (Wildman–Crippen LogP) is 2.41. The molecule has 3 N–H and O–H groups in total. The number of hydrogen-bond acceptors (Lipinski definition) is 5. The topological polar surface area (TPSA) is 111 Å². The lowest BCUT2D eigenvalue weighted by atomic mass is 9.88. The molecule has 1 aromatic rings. The second kappa shape index (κ2) is 6.33. The lowest BCUT2D eigenvalue weighted by Gasteiger charge is -2.22. The molecule has 1 rings (SSSR count). The van der Waals surface area contributed by atoms with E-state index < -0.39 is 33.4 Å². The molecule has 0 amide bonds. The quantitative estimate of drug-likeness (QED) is 0.275. The molecule has 0 radical (unpaired) electrons. The highest BCUT2D eigenvalue weighted by Gasteiger charge is 2.24. The van der Waals surface area contributed by atoms with Crippen LogP contribution in [0.5, 0.6) is 5.75 Å². The van der Waals surface area contributed by atoms with Crippen molar-refractivity contribution in [3.05, 3.63) is 33.9 Å². The average molecular weight is 303 g/mol. The van der Waals surface area contributed by atoms with Crippen LogP contribution in [0.3, 0.4) is 0 Å². The summed E-state index contributed by atoms with van der Waals surface area (Å²) in [5.41, 5.74) is 3.81. The number of amidine groups is 1. The predicted molar refractivity (Wildman–Crippen MR) is 70.3 cm³/mol. The summed E-state index contributed by atoms with van der Waals surface area (Å²) >= 11 is 0. The fourth-order valence-electron chi connectivity index (χ4n) is 1.45. The Labute approximate surface area is 119 Å². The first-order chi connectivity index (χ1) is 9.69. The van der Waals surface area contributed by atoms with Crippen LogP contribution in [-0.2, 0) is 0 Å². The number of nitrogens with zero attached hydrogens (tertiary/aromatic N) is 2. The first-order valence-corrected chi connectivity index (χ1v) is 5.93. The van der Waals surface area contributed by atoms with Crippen molar-refractivity contribution in [2.24, 2.45) is 16.3 Å². The second-order valence-electron chi connectivity index (χ2n) is 4.96. The zero-order chi connectivity index (χ0) is 16.2. The van der Waals surface area contributed by atoms with Gasteiger partial charge in [0.2, 0.25) is 5.82 Å². The monoisotopic (exact) mass is 303 g/mol. The van der Waals surface area contributed by atoms with Crippen LogP contribution in [0.25, 0.3) is 0 Å². The minimum atomic E-state index is -1.19. The molecule has 116 valence electrons. The van der Waals surface area contributed by atoms with Gasteiger partial charge >= 0.3 is 5.69 Å². The normalized spacial score (nSPS) is 12.3. The Morgan fingerprint density at radius 3 is 2.62 bits per heavy atom. The van der Waals surface area contributed by atoms with Crippen LogP contribution < -0.4 is 10.5 Å². The van der Waals surface area contributed by atoms with Crippen molar-refractivity contribution in [2.75, 3.05) is 6.61 Å². The second-order valence-corrected chi connectivity index (χ2v) is 4.96. The summed E-state index contributed by atoms with van der Waals surface area (Å²) in [5, 5.41) is 21.9. The number of halogens is 2. The van der Waals surface area contributed by atoms with Crippen LogP contribution in [0.15, 0.2) is 17.3 Å². The Morgan fingerprint density at radius 1 is 1.48 bits per heavy atom. The molecule has 21 heavy (non-hydrogen) atoms. The highest BCUT2D eigenvalue weighted by atomic mass is 19.1. The molecule has 0 aliphatic carbocycles. The summed E-state index contributed by atoms with van der Waals surface area (Å²) in [7, 11) is 0. The van der Waals surface area contributed by atoms with Gasteiger partial charge in [-0.1, -0.05) is 19.0 Å². The summed E-state index contributed by atoms with van der Waals surface area (Å²) in [6, 6.07) is 1.07. The van der Waals surface area contributed by atoms with Crippen molar-refractivity contribution in [1.82, 2.24) is 0 Å². The Hall–Kier alpha value is -2.45. The zero-order valence-corrected chi connectivity index (χ0v) is 11.5. The highest BCUT2D eigenvalue weighted by molar-refractivity contribution is 5.85. The van der Waals surface area contributed by atoms with E-state index in [0.29, 0.717) is 12.1 Å². The van der Waals surface area contributed by atoms with E-state index in [-0.39, 0.29) is 18.9 Å². The van der Waals surface area contributed by atoms with E-state index in [4.69, 9.17) is 15.7 Å². The Balaban J connectivity index is 2.78. The first kappa shape index (κ1) is 16.6. The molecular formula is C12H15F2N3O4. The van der Waals surface area contributed by atoms with Gasteiger partial charge in [-0.2, -0.15) is 4.39 Å². The Kier molecular flexibility index (Phi) is 5.01. The standard InChI is InChI=1S/C12H15F2N3O4/c1-12(2,11(15)16-18)3-4-21-10-6-7(13)9(17(19)20)5-8(10)14/h5-6,18H,3-4H2,1-2H3,(H2,15,16). The molecular weight excluding hydrogens is 288 g/mol. The van der Waals surface area contributed by atoms with Crippen molar-refractivity contribution >= 4 is 11.5 Å². The molecule has 1 aromatic carbocycles. The highest BCUT2D eigenvalue weighted by Crippen LogP contribution is 2.27. The average Bonchev–Trinajstić information content (AvgIpc) is 2.40. The summed E-state index contributed by atoms with van der Waals surface area (Å²) in [6.45, 7) is 3.31. The number of benzene rings is 1. The third-order valence-corrected chi connectivity index (χ3v) is 2.98. The largest absolute Gasteiger partial charge is 0.490 e. The number of hydrogen-bond donors (Lipinski definition) is 2. The van der Waals surface area contributed by atoms with Crippen LogP contribution in [0.1, 0.15) is 20.3 Å². The molecule has 0 fully saturated rings. The fourth-order valence-corrected chi connectivity index (χ4v) is 1.45. The van der Waals surface area contributed by atoms with Crippen LogP contribution in [-0.4, -0.2) is 22.6 Å². The van der Waals surface area contributed by atoms with Gasteiger partial charge in [0.25, 0.3) is 0 Å². The summed E-state index contributed by atoms with van der Waals surface area (Å²) in [4.78, 5) is 9.42. The molecule has 9 heteroatoms. The molecule has 0 aromatic heterocycles. The summed E-state index contributed by atoms with van der Waals surface area (Å²) in [5.74, 6) is -2.69. The minimum Gasteiger partial charge on any atom is -0.490 e. The lowest BCUT2D eigenvalue weighted by Crippen LogP contribution is -2.33. The third-order valence-electron chi connectivity index (χ3n) is 2.98. The number of nitro benzene ring substituents is 1. The van der Waals surface area contributed by atoms with E-state index in [1.54, 1.807) is 13.8 Å². The van der Waals surface area contributed by atoms with Crippen molar-refractivity contribution < 1.29 is 23.6 Å². The Morgan fingerprint density at radius 2 is 2.10 bits per heavy atom. The van der Waals surface area contributed by atoms with E-state index in [1.807, 2.05) is 0 Å². The molecule has 0 aliphatic heterocycles. The van der Waals surface area contributed by atoms with Gasteiger partial charge in [-0.15, -0.1) is 0 Å². The molecule has 0 bridgehead atoms. The maximum absolute atomic E-state index is 13.6. The van der Waals surface area contributed by atoms with Crippen LogP contribution in [0, 0.1) is 27.2 Å². The van der Waals surface area contributed by atoms with Crippen LogP contribution >= 0.6 is 0 Å². The van der Waals surface area contributed by atoms with Gasteiger partial charge in [-0.3, -0.25) is 10.1 Å². The third kappa shape index (κ3) is 4.01. The smallest absolute Gasteiger partial charge is 0.307 e. The van der Waals surface area contributed by atoms with Gasteiger partial charge in [0.05, 0.1) is 17.6 Å². The van der Waals surface area contributed by atoms with Gasteiger partial charge in [-0.25, -0.2) is 4.39 Å². The van der Waals surface area contributed by atoms with Gasteiger partial charge in [0.1, 0.15) is 5.84 Å². The van der Waals surface area contributed by atoms with E-state index >= 15 is 0 Å². The fraction of sp³-hybridized carbons (Fsp3) is 0.417. The molecule has 0 aliphatic rings. The van der Waals surface area contributed by atoms with Crippen molar-refractivity contribution in [1.29, 1.82) is 0 Å². The molecule has 0 unspecified atom stereocenters. The summed E-state index contributed by atoms with van der Waals surface area (Å²) in [6.07, 6.45) is 0.265. The Bertz CT molecular complexity index is 576. The SMILES string of the molecule is CC(C)(CCOc1cc(F)c([N+](=O)[O-])cc1F)C(N)=NO. The van der Waals surface area contributed by atoms with E-state index in [2.05, 4.69) is 5.16 Å². The molecule has 0 heterocycles. The van der Waals surface area contributed by atoms with Gasteiger partial charge < -0.3 is 15.7 Å². The minimum absolute atomic E-state index is 0.0264. The van der Waals surface area contributed by atoms with Crippen LogP contribution in [0.4, 0.5) is 14.5 Å². The first-order valence-electron chi connectivity index (χ1n) is 5.93. The molecule has 0 saturated carbocycles. The number of nitrogens with two attached hydrogens (primary N) is 1. The van der Waals surface area contributed by atoms with Crippen LogP contribution in [0.2, 0.25) is 0 Å². The molecule has 7 nitrogen and oxygen atoms in total. The van der Waals surface area contributed by atoms with Gasteiger partial charge in [0, 0.05) is 11.5 Å². The molecule has 0 saturated heterocycles. The van der Waals surface area contributed by atoms with Crippen molar-refractivity contribution in [3.8, 4) is 5.75 Å². The number of nitro groups is 1. The number of oxime groups is 1.